The van der Waals surface area contributed by atoms with Gasteiger partial charge in [-0.1, -0.05) is 0 Å². The van der Waals surface area contributed by atoms with Crippen molar-refractivity contribution in [1.82, 2.24) is 5.32 Å². The van der Waals surface area contributed by atoms with Crippen molar-refractivity contribution in [1.29, 1.82) is 0 Å². The molecule has 0 fully saturated rings. The molecule has 3 N–H and O–H groups in total. The number of carbonyl (C=O) groups is 1. The van der Waals surface area contributed by atoms with Crippen LogP contribution in [0.3, 0.4) is 0 Å². The zero-order valence-electron chi connectivity index (χ0n) is 6.51. The highest BCUT2D eigenvalue weighted by molar-refractivity contribution is 7.81. The summed E-state index contributed by atoms with van der Waals surface area (Å²) in [7, 11) is 1.56. The van der Waals surface area contributed by atoms with Gasteiger partial charge in [-0.25, -0.2) is 0 Å². The predicted molar refractivity (Wildman–Crippen MR) is 45.1 cm³/mol. The Balaban J connectivity index is 4.08. The molecular weight excluding hydrogens is 148 g/mol. The number of nitrogens with one attached hydrogen (secondary N) is 1. The molecule has 4 heteroatoms. The topological polar surface area (TPSA) is 55.1 Å². The first-order chi connectivity index (χ1) is 4.39. The molecule has 0 saturated heterocycles. The fourth-order valence-corrected chi connectivity index (χ4v) is 0.594. The molecule has 60 valence electrons. The smallest absolute Gasteiger partial charge is 0.238 e. The first-order valence-electron chi connectivity index (χ1n) is 3.09. The first kappa shape index (κ1) is 9.78. The van der Waals surface area contributed by atoms with Crippen LogP contribution in [0, 0.1) is 0 Å². The van der Waals surface area contributed by atoms with Crippen LogP contribution in [0.4, 0.5) is 0 Å². The Hall–Kier alpha value is -0.220. The van der Waals surface area contributed by atoms with Crippen LogP contribution in [0.15, 0.2) is 0 Å². The maximum absolute atomic E-state index is 10.9. The summed E-state index contributed by atoms with van der Waals surface area (Å²) in [6, 6.07) is -0.555. The fraction of sp³-hybridized carbons (Fsp3) is 0.833. The number of nitrogens with two attached hydrogens (primary N) is 1. The van der Waals surface area contributed by atoms with Gasteiger partial charge in [0.2, 0.25) is 5.91 Å². The number of carbonyl (C=O) groups excluding carboxylic acids is 1. The van der Waals surface area contributed by atoms with Gasteiger partial charge in [-0.15, -0.1) is 0 Å². The summed E-state index contributed by atoms with van der Waals surface area (Å²) in [5.74, 6) is -0.181. The van der Waals surface area contributed by atoms with E-state index < -0.39 is 10.8 Å². The van der Waals surface area contributed by atoms with Gasteiger partial charge in [-0.2, -0.15) is 12.6 Å². The lowest BCUT2D eigenvalue weighted by Crippen LogP contribution is -2.49. The number of hydrogen-bond acceptors (Lipinski definition) is 3. The maximum Gasteiger partial charge on any atom is 0.238 e. The summed E-state index contributed by atoms with van der Waals surface area (Å²) in [5, 5.41) is 2.46. The summed E-state index contributed by atoms with van der Waals surface area (Å²) >= 11 is 4.16. The third-order valence-corrected chi connectivity index (χ3v) is 1.57. The molecule has 3 nitrogen and oxygen atoms in total. The number of hydrogen-bond donors (Lipinski definition) is 3. The minimum absolute atomic E-state index is 0.181. The maximum atomic E-state index is 10.9. The molecule has 0 aromatic rings. The van der Waals surface area contributed by atoms with Crippen molar-refractivity contribution in [2.45, 2.75) is 24.6 Å². The zero-order valence-corrected chi connectivity index (χ0v) is 7.40. The van der Waals surface area contributed by atoms with Gasteiger partial charge in [-0.3, -0.25) is 4.79 Å². The standard InChI is InChI=1S/C6H14N2OS/c1-6(2,10)4(7)5(9)8-3/h4,10H,7H2,1-3H3,(H,8,9). The first-order valence-corrected chi connectivity index (χ1v) is 3.54. The van der Waals surface area contributed by atoms with Gasteiger partial charge in [0.05, 0.1) is 6.04 Å². The van der Waals surface area contributed by atoms with Crippen LogP contribution in [-0.4, -0.2) is 23.7 Å². The van der Waals surface area contributed by atoms with E-state index in [1.165, 1.54) is 0 Å². The van der Waals surface area contributed by atoms with Crippen LogP contribution >= 0.6 is 12.6 Å². The molecule has 1 amide bonds. The van der Waals surface area contributed by atoms with E-state index in [0.29, 0.717) is 0 Å². The molecule has 0 heterocycles. The Morgan fingerprint density at radius 2 is 2.10 bits per heavy atom. The summed E-state index contributed by atoms with van der Waals surface area (Å²) in [6.07, 6.45) is 0. The minimum atomic E-state index is -0.555. The largest absolute Gasteiger partial charge is 0.358 e. The van der Waals surface area contributed by atoms with E-state index in [-0.39, 0.29) is 5.91 Å². The second-order valence-electron chi connectivity index (χ2n) is 2.75. The molecule has 0 aliphatic heterocycles. The highest BCUT2D eigenvalue weighted by Gasteiger charge is 2.27. The van der Waals surface area contributed by atoms with Gasteiger partial charge in [0, 0.05) is 11.8 Å². The number of likely N-dealkylation sites (N-methyl/N-ethyl adjacent to an activating group) is 1. The van der Waals surface area contributed by atoms with E-state index in [1.54, 1.807) is 20.9 Å². The molecule has 0 spiro atoms. The molecule has 0 aliphatic rings. The van der Waals surface area contributed by atoms with E-state index in [1.807, 2.05) is 0 Å². The fourth-order valence-electron chi connectivity index (χ4n) is 0.476. The normalized spacial score (nSPS) is 14.5. The van der Waals surface area contributed by atoms with Crippen molar-refractivity contribution in [3.63, 3.8) is 0 Å². The van der Waals surface area contributed by atoms with Crippen LogP contribution in [0.5, 0.6) is 0 Å². The summed E-state index contributed by atoms with van der Waals surface area (Å²) < 4.78 is -0.458. The Kier molecular flexibility index (Phi) is 3.18. The van der Waals surface area contributed by atoms with Gasteiger partial charge in [-0.05, 0) is 13.8 Å². The monoisotopic (exact) mass is 162 g/mol. The third kappa shape index (κ3) is 2.58. The second kappa shape index (κ2) is 3.25. The average Bonchev–Trinajstić information content (AvgIpc) is 1.83. The van der Waals surface area contributed by atoms with E-state index in [0.717, 1.165) is 0 Å². The zero-order chi connectivity index (χ0) is 8.36. The van der Waals surface area contributed by atoms with Crippen LogP contribution in [0.25, 0.3) is 0 Å². The lowest BCUT2D eigenvalue weighted by atomic mass is 10.0. The summed E-state index contributed by atoms with van der Waals surface area (Å²) in [6.45, 7) is 3.60. The van der Waals surface area contributed by atoms with Gasteiger partial charge in [0.15, 0.2) is 0 Å². The number of rotatable bonds is 2. The lowest BCUT2D eigenvalue weighted by Gasteiger charge is -2.23. The van der Waals surface area contributed by atoms with Crippen molar-refractivity contribution in [3.05, 3.63) is 0 Å². The predicted octanol–water partition coefficient (Wildman–Crippen LogP) is -0.232. The molecule has 0 rings (SSSR count). The molecule has 10 heavy (non-hydrogen) atoms. The Bertz CT molecular complexity index is 130. The quantitative estimate of drug-likeness (QED) is 0.491. The van der Waals surface area contributed by atoms with Crippen LogP contribution < -0.4 is 11.1 Å². The highest BCUT2D eigenvalue weighted by Crippen LogP contribution is 2.15. The Morgan fingerprint density at radius 1 is 1.70 bits per heavy atom. The molecule has 1 atom stereocenters. The summed E-state index contributed by atoms with van der Waals surface area (Å²) in [5.41, 5.74) is 5.52. The van der Waals surface area contributed by atoms with Crippen molar-refractivity contribution in [2.24, 2.45) is 5.73 Å². The van der Waals surface area contributed by atoms with E-state index >= 15 is 0 Å². The molecular formula is C6H14N2OS. The molecule has 0 radical (unpaired) electrons. The number of thiol groups is 1. The SMILES string of the molecule is CNC(=O)C(N)C(C)(C)S. The van der Waals surface area contributed by atoms with Crippen LogP contribution in [-0.2, 0) is 4.79 Å². The van der Waals surface area contributed by atoms with Crippen molar-refractivity contribution in [2.75, 3.05) is 7.05 Å². The van der Waals surface area contributed by atoms with Crippen LogP contribution in [0.1, 0.15) is 13.8 Å². The summed E-state index contributed by atoms with van der Waals surface area (Å²) in [4.78, 5) is 10.9. The van der Waals surface area contributed by atoms with Crippen molar-refractivity contribution < 1.29 is 4.79 Å². The molecule has 0 aliphatic carbocycles. The van der Waals surface area contributed by atoms with Gasteiger partial charge >= 0.3 is 0 Å². The van der Waals surface area contributed by atoms with Crippen molar-refractivity contribution in [3.8, 4) is 0 Å². The number of amides is 1. The molecule has 0 aromatic heterocycles. The van der Waals surface area contributed by atoms with Gasteiger partial charge in [0.25, 0.3) is 0 Å². The van der Waals surface area contributed by atoms with E-state index in [2.05, 4.69) is 17.9 Å². The van der Waals surface area contributed by atoms with Gasteiger partial charge in [0.1, 0.15) is 0 Å². The highest BCUT2D eigenvalue weighted by atomic mass is 32.1. The molecule has 0 saturated carbocycles. The van der Waals surface area contributed by atoms with Crippen LogP contribution in [0.2, 0.25) is 0 Å². The van der Waals surface area contributed by atoms with E-state index in [4.69, 9.17) is 5.73 Å². The van der Waals surface area contributed by atoms with Crippen molar-refractivity contribution >= 4 is 18.5 Å². The minimum Gasteiger partial charge on any atom is -0.358 e. The average molecular weight is 162 g/mol. The second-order valence-corrected chi connectivity index (χ2v) is 3.90. The molecule has 0 bridgehead atoms. The Labute approximate surface area is 66.8 Å². The Morgan fingerprint density at radius 3 is 2.20 bits per heavy atom. The molecule has 1 unspecified atom stereocenters. The van der Waals surface area contributed by atoms with Gasteiger partial charge < -0.3 is 11.1 Å². The lowest BCUT2D eigenvalue weighted by molar-refractivity contribution is -0.122. The third-order valence-electron chi connectivity index (χ3n) is 1.29. The molecule has 0 aromatic carbocycles. The van der Waals surface area contributed by atoms with E-state index in [9.17, 15) is 4.79 Å².